The van der Waals surface area contributed by atoms with Crippen molar-refractivity contribution in [3.05, 3.63) is 59.9 Å². The maximum absolute atomic E-state index is 12.2. The van der Waals surface area contributed by atoms with Crippen LogP contribution in [-0.2, 0) is 0 Å². The molecule has 1 aliphatic rings. The summed E-state index contributed by atoms with van der Waals surface area (Å²) >= 11 is 0. The number of nitrogens with zero attached hydrogens (tertiary/aromatic N) is 4. The molecule has 160 valence electrons. The van der Waals surface area contributed by atoms with Gasteiger partial charge < -0.3 is 20.4 Å². The van der Waals surface area contributed by atoms with E-state index in [-0.39, 0.29) is 12.5 Å². The number of amides is 1. The Kier molecular flexibility index (Phi) is 7.26. The number of aliphatic hydroxyl groups is 2. The zero-order chi connectivity index (χ0) is 21.5. The normalized spacial score (nSPS) is 14.3. The standard InChI is InChI=1S/C14H19N5O3.C6H4F2/c20-9-10(21)7-15-14(22)11-8-16-19-6-3-12(17-13(11)19)18-4-1-2-5-18;7-5-1-2-6(8)4-3-5/h3,6,8,10,20-21H,1-2,4-5,7,9H2,(H,15,22);1-4H. The summed E-state index contributed by atoms with van der Waals surface area (Å²) in [5, 5.41) is 24.7. The van der Waals surface area contributed by atoms with Gasteiger partial charge in [-0.25, -0.2) is 18.3 Å². The number of rotatable bonds is 5. The number of hydrogen-bond donors (Lipinski definition) is 3. The third kappa shape index (κ3) is 5.49. The van der Waals surface area contributed by atoms with E-state index in [1.165, 1.54) is 6.20 Å². The minimum Gasteiger partial charge on any atom is -0.394 e. The van der Waals surface area contributed by atoms with Crippen molar-refractivity contribution >= 4 is 17.4 Å². The van der Waals surface area contributed by atoms with Crippen molar-refractivity contribution in [3.8, 4) is 0 Å². The Bertz CT molecular complexity index is 953. The number of carbonyl (C=O) groups is 1. The molecule has 3 aromatic rings. The fraction of sp³-hybridized carbons (Fsp3) is 0.350. The second-order valence-electron chi connectivity index (χ2n) is 6.79. The van der Waals surface area contributed by atoms with Gasteiger partial charge in [-0.15, -0.1) is 0 Å². The monoisotopic (exact) mass is 419 g/mol. The molecule has 1 atom stereocenters. The van der Waals surface area contributed by atoms with Crippen LogP contribution in [0.4, 0.5) is 14.6 Å². The molecule has 1 saturated heterocycles. The van der Waals surface area contributed by atoms with E-state index >= 15 is 0 Å². The Morgan fingerprint density at radius 3 is 2.37 bits per heavy atom. The molecule has 0 saturated carbocycles. The van der Waals surface area contributed by atoms with Crippen molar-refractivity contribution in [1.29, 1.82) is 0 Å². The molecular formula is C20H23F2N5O3. The number of hydrogen-bond acceptors (Lipinski definition) is 6. The quantitative estimate of drug-likeness (QED) is 0.577. The van der Waals surface area contributed by atoms with Crippen LogP contribution in [0.25, 0.3) is 5.65 Å². The van der Waals surface area contributed by atoms with E-state index in [0.29, 0.717) is 11.2 Å². The van der Waals surface area contributed by atoms with Gasteiger partial charge in [0.05, 0.1) is 18.9 Å². The van der Waals surface area contributed by atoms with Crippen molar-refractivity contribution in [2.24, 2.45) is 0 Å². The highest BCUT2D eigenvalue weighted by molar-refractivity contribution is 5.99. The summed E-state index contributed by atoms with van der Waals surface area (Å²) in [5.74, 6) is -0.346. The molecule has 3 heterocycles. The maximum atomic E-state index is 12.2. The first-order chi connectivity index (χ1) is 14.5. The largest absolute Gasteiger partial charge is 0.394 e. The molecule has 0 radical (unpaired) electrons. The topological polar surface area (TPSA) is 103 Å². The van der Waals surface area contributed by atoms with E-state index in [9.17, 15) is 18.7 Å². The SMILES string of the molecule is Fc1ccc(F)cc1.O=C(NCC(O)CO)c1cnn2ccc(N3CCCC3)nc12. The van der Waals surface area contributed by atoms with Crippen LogP contribution in [0, 0.1) is 11.6 Å². The highest BCUT2D eigenvalue weighted by Gasteiger charge is 2.18. The lowest BCUT2D eigenvalue weighted by molar-refractivity contribution is 0.0803. The van der Waals surface area contributed by atoms with Crippen LogP contribution < -0.4 is 10.2 Å². The van der Waals surface area contributed by atoms with Crippen LogP contribution in [0.15, 0.2) is 42.7 Å². The van der Waals surface area contributed by atoms with Gasteiger partial charge in [0, 0.05) is 25.8 Å². The third-order valence-electron chi connectivity index (χ3n) is 4.54. The Labute approximate surface area is 171 Å². The fourth-order valence-electron chi connectivity index (χ4n) is 2.94. The molecule has 1 aliphatic heterocycles. The number of aliphatic hydroxyl groups excluding tert-OH is 2. The third-order valence-corrected chi connectivity index (χ3v) is 4.54. The summed E-state index contributed by atoms with van der Waals surface area (Å²) in [5.41, 5.74) is 0.839. The first-order valence-corrected chi connectivity index (χ1v) is 9.55. The number of fused-ring (bicyclic) bond motifs is 1. The van der Waals surface area contributed by atoms with Crippen LogP contribution in [0.2, 0.25) is 0 Å². The summed E-state index contributed by atoms with van der Waals surface area (Å²) in [7, 11) is 0. The van der Waals surface area contributed by atoms with E-state index in [2.05, 4.69) is 20.3 Å². The molecule has 1 amide bonds. The number of nitrogens with one attached hydrogen (secondary N) is 1. The van der Waals surface area contributed by atoms with E-state index in [0.717, 1.165) is 56.0 Å². The highest BCUT2D eigenvalue weighted by Crippen LogP contribution is 2.19. The first-order valence-electron chi connectivity index (χ1n) is 9.55. The van der Waals surface area contributed by atoms with Crippen molar-refractivity contribution in [1.82, 2.24) is 19.9 Å². The molecule has 1 fully saturated rings. The molecule has 0 bridgehead atoms. The summed E-state index contributed by atoms with van der Waals surface area (Å²) in [4.78, 5) is 18.9. The average Bonchev–Trinajstić information content (AvgIpc) is 3.44. The van der Waals surface area contributed by atoms with Crippen LogP contribution in [-0.4, -0.2) is 63.1 Å². The van der Waals surface area contributed by atoms with E-state index in [4.69, 9.17) is 5.11 Å². The molecule has 0 spiro atoms. The van der Waals surface area contributed by atoms with Gasteiger partial charge in [0.1, 0.15) is 23.0 Å². The van der Waals surface area contributed by atoms with E-state index in [1.807, 2.05) is 6.07 Å². The van der Waals surface area contributed by atoms with Crippen molar-refractivity contribution in [2.45, 2.75) is 18.9 Å². The van der Waals surface area contributed by atoms with Crippen molar-refractivity contribution in [2.75, 3.05) is 31.1 Å². The van der Waals surface area contributed by atoms with Crippen LogP contribution in [0.3, 0.4) is 0 Å². The summed E-state index contributed by atoms with van der Waals surface area (Å²) < 4.78 is 25.4. The highest BCUT2D eigenvalue weighted by atomic mass is 19.1. The molecule has 1 unspecified atom stereocenters. The lowest BCUT2D eigenvalue weighted by Crippen LogP contribution is -2.33. The summed E-state index contributed by atoms with van der Waals surface area (Å²) in [6, 6.07) is 6.21. The van der Waals surface area contributed by atoms with Gasteiger partial charge in [-0.2, -0.15) is 5.10 Å². The van der Waals surface area contributed by atoms with Crippen LogP contribution >= 0.6 is 0 Å². The minimum atomic E-state index is -0.973. The molecule has 2 aromatic heterocycles. The predicted octanol–water partition coefficient (Wildman–Crippen LogP) is 1.38. The summed E-state index contributed by atoms with van der Waals surface area (Å²) in [6.45, 7) is 1.54. The summed E-state index contributed by atoms with van der Waals surface area (Å²) in [6.07, 6.45) is 4.57. The van der Waals surface area contributed by atoms with Crippen LogP contribution in [0.1, 0.15) is 23.2 Å². The zero-order valence-electron chi connectivity index (χ0n) is 16.2. The van der Waals surface area contributed by atoms with Gasteiger partial charge in [0.25, 0.3) is 5.91 Å². The Balaban J connectivity index is 0.000000269. The second kappa shape index (κ2) is 10.1. The molecule has 3 N–H and O–H groups in total. The Morgan fingerprint density at radius 1 is 1.13 bits per heavy atom. The van der Waals surface area contributed by atoms with E-state index < -0.39 is 24.3 Å². The van der Waals surface area contributed by atoms with Gasteiger partial charge in [0.2, 0.25) is 0 Å². The first kappa shape index (κ1) is 21.6. The van der Waals surface area contributed by atoms with Crippen LogP contribution in [0.5, 0.6) is 0 Å². The van der Waals surface area contributed by atoms with E-state index in [1.54, 1.807) is 10.7 Å². The number of anilines is 1. The lowest BCUT2D eigenvalue weighted by atomic mass is 10.3. The van der Waals surface area contributed by atoms with Gasteiger partial charge in [0.15, 0.2) is 5.65 Å². The molecule has 10 heteroatoms. The zero-order valence-corrected chi connectivity index (χ0v) is 16.2. The molecular weight excluding hydrogens is 396 g/mol. The Hall–Kier alpha value is -3.11. The maximum Gasteiger partial charge on any atom is 0.256 e. The van der Waals surface area contributed by atoms with Gasteiger partial charge in [-0.3, -0.25) is 4.79 Å². The predicted molar refractivity (Wildman–Crippen MR) is 106 cm³/mol. The molecule has 1 aromatic carbocycles. The number of carbonyl (C=O) groups excluding carboxylic acids is 1. The number of aromatic nitrogens is 3. The minimum absolute atomic E-state index is 0.0154. The number of benzene rings is 1. The number of halogens is 2. The van der Waals surface area contributed by atoms with Crippen molar-refractivity contribution < 1.29 is 23.8 Å². The average molecular weight is 419 g/mol. The molecule has 0 aliphatic carbocycles. The van der Waals surface area contributed by atoms with Crippen molar-refractivity contribution in [3.63, 3.8) is 0 Å². The van der Waals surface area contributed by atoms with Gasteiger partial charge >= 0.3 is 0 Å². The molecule has 4 rings (SSSR count). The lowest BCUT2D eigenvalue weighted by Gasteiger charge is -2.16. The van der Waals surface area contributed by atoms with Gasteiger partial charge in [-0.1, -0.05) is 0 Å². The van der Waals surface area contributed by atoms with Gasteiger partial charge in [-0.05, 0) is 43.2 Å². The Morgan fingerprint density at radius 2 is 1.77 bits per heavy atom. The molecule has 30 heavy (non-hydrogen) atoms. The smallest absolute Gasteiger partial charge is 0.256 e. The second-order valence-corrected chi connectivity index (χ2v) is 6.79. The molecule has 8 nitrogen and oxygen atoms in total. The fourth-order valence-corrected chi connectivity index (χ4v) is 2.94.